The standard InChI is InChI=1S/C14H11F15O3/c1-4(2)7(30)32-14(28,29)13(27,31)12(25,26)11(23,24)10(21,22)8(16,17)6(15)5(3)9(18,19)20/h5-6,31H,1H2,2-3H3. The van der Waals surface area contributed by atoms with Gasteiger partial charge >= 0.3 is 47.8 Å². The van der Waals surface area contributed by atoms with E-state index >= 15 is 0 Å². The molecule has 0 amide bonds. The molecular formula is C14H11F15O3. The molecular weight excluding hydrogens is 501 g/mol. The van der Waals surface area contributed by atoms with Crippen molar-refractivity contribution in [2.45, 2.75) is 61.8 Å². The predicted molar refractivity (Wildman–Crippen MR) is 71.8 cm³/mol. The third kappa shape index (κ3) is 4.46. The van der Waals surface area contributed by atoms with E-state index in [-0.39, 0.29) is 0 Å². The summed E-state index contributed by atoms with van der Waals surface area (Å²) >= 11 is 0. The van der Waals surface area contributed by atoms with Crippen LogP contribution in [0, 0.1) is 5.92 Å². The van der Waals surface area contributed by atoms with E-state index in [1.54, 1.807) is 0 Å². The molecule has 0 fully saturated rings. The number of hydrogen-bond donors (Lipinski definition) is 1. The number of alkyl halides is 15. The minimum atomic E-state index is -8.21. The van der Waals surface area contributed by atoms with Crippen molar-refractivity contribution >= 4 is 5.97 Å². The van der Waals surface area contributed by atoms with Crippen LogP contribution in [0.5, 0.6) is 0 Å². The van der Waals surface area contributed by atoms with Gasteiger partial charge in [-0.25, -0.2) is 9.18 Å². The first kappa shape index (κ1) is 30.1. The van der Waals surface area contributed by atoms with Gasteiger partial charge in [-0.3, -0.25) is 0 Å². The van der Waals surface area contributed by atoms with Gasteiger partial charge in [0.1, 0.15) is 0 Å². The second kappa shape index (κ2) is 8.16. The maximum absolute atomic E-state index is 13.6. The normalized spacial score (nSPS) is 18.6. The molecule has 32 heavy (non-hydrogen) atoms. The first-order valence-electron chi connectivity index (χ1n) is 7.54. The van der Waals surface area contributed by atoms with Crippen LogP contribution in [0.25, 0.3) is 0 Å². The highest BCUT2D eigenvalue weighted by molar-refractivity contribution is 5.87. The lowest BCUT2D eigenvalue weighted by molar-refractivity contribution is -0.471. The lowest BCUT2D eigenvalue weighted by Gasteiger charge is -2.42. The third-order valence-electron chi connectivity index (χ3n) is 3.88. The summed E-state index contributed by atoms with van der Waals surface area (Å²) in [4.78, 5) is 10.9. The van der Waals surface area contributed by atoms with E-state index in [1.807, 2.05) is 0 Å². The SMILES string of the molecule is C=C(C)C(=O)OC(F)(F)C(O)(F)C(F)(F)C(F)(F)C(F)(F)C(F)(F)C(F)C(C)C(F)(F)F. The summed E-state index contributed by atoms with van der Waals surface area (Å²) in [5.74, 6) is -45.8. The van der Waals surface area contributed by atoms with Crippen molar-refractivity contribution in [1.29, 1.82) is 0 Å². The molecule has 190 valence electrons. The van der Waals surface area contributed by atoms with Crippen molar-refractivity contribution in [3.63, 3.8) is 0 Å². The summed E-state index contributed by atoms with van der Waals surface area (Å²) in [6, 6.07) is 0. The van der Waals surface area contributed by atoms with Crippen molar-refractivity contribution in [3.05, 3.63) is 12.2 Å². The first-order valence-corrected chi connectivity index (χ1v) is 7.54. The topological polar surface area (TPSA) is 46.5 Å². The summed E-state index contributed by atoms with van der Waals surface area (Å²) in [6.45, 7) is 2.46. The zero-order chi connectivity index (χ0) is 26.5. The van der Waals surface area contributed by atoms with Gasteiger partial charge in [0, 0.05) is 5.57 Å². The van der Waals surface area contributed by atoms with Gasteiger partial charge < -0.3 is 9.84 Å². The first-order chi connectivity index (χ1) is 13.6. The van der Waals surface area contributed by atoms with Crippen molar-refractivity contribution in [3.8, 4) is 0 Å². The van der Waals surface area contributed by atoms with Gasteiger partial charge in [-0.1, -0.05) is 13.5 Å². The highest BCUT2D eigenvalue weighted by Crippen LogP contribution is 2.60. The van der Waals surface area contributed by atoms with Crippen LogP contribution in [0.2, 0.25) is 0 Å². The Balaban J connectivity index is 6.54. The van der Waals surface area contributed by atoms with E-state index < -0.39 is 72.4 Å². The Morgan fingerprint density at radius 1 is 0.812 bits per heavy atom. The Kier molecular flexibility index (Phi) is 7.68. The molecule has 3 atom stereocenters. The number of rotatable bonds is 9. The molecule has 0 rings (SSSR count). The van der Waals surface area contributed by atoms with Crippen LogP contribution in [0.1, 0.15) is 13.8 Å². The summed E-state index contributed by atoms with van der Waals surface area (Å²) < 4.78 is 202. The fourth-order valence-corrected chi connectivity index (χ4v) is 1.72. The smallest absolute Gasteiger partial charge is 0.393 e. The predicted octanol–water partition coefficient (Wildman–Crippen LogP) is 5.43. The number of carbonyl (C=O) groups is 1. The Bertz CT molecular complexity index is 725. The lowest BCUT2D eigenvalue weighted by Crippen LogP contribution is -2.73. The highest BCUT2D eigenvalue weighted by Gasteiger charge is 2.91. The molecule has 0 aromatic heterocycles. The van der Waals surface area contributed by atoms with Gasteiger partial charge in [0.05, 0.1) is 5.92 Å². The van der Waals surface area contributed by atoms with Gasteiger partial charge in [-0.15, -0.1) is 0 Å². The molecule has 1 N–H and O–H groups in total. The van der Waals surface area contributed by atoms with Gasteiger partial charge in [0.25, 0.3) is 0 Å². The highest BCUT2D eigenvalue weighted by atomic mass is 19.4. The Labute approximate surface area is 167 Å². The van der Waals surface area contributed by atoms with E-state index in [0.717, 1.165) is 0 Å². The molecule has 0 aliphatic carbocycles. The van der Waals surface area contributed by atoms with Crippen molar-refractivity contribution in [2.24, 2.45) is 5.92 Å². The number of halogens is 15. The molecule has 0 heterocycles. The summed E-state index contributed by atoms with van der Waals surface area (Å²) in [7, 11) is 0. The Morgan fingerprint density at radius 2 is 1.19 bits per heavy atom. The van der Waals surface area contributed by atoms with Crippen LogP contribution in [0.15, 0.2) is 12.2 Å². The number of ether oxygens (including phenoxy) is 1. The Hall–Kier alpha value is -1.88. The quantitative estimate of drug-likeness (QED) is 0.255. The van der Waals surface area contributed by atoms with Gasteiger partial charge in [-0.05, 0) is 6.92 Å². The summed E-state index contributed by atoms with van der Waals surface area (Å²) in [6.07, 6.45) is -18.3. The molecule has 0 saturated heterocycles. The minimum Gasteiger partial charge on any atom is -0.393 e. The van der Waals surface area contributed by atoms with Crippen molar-refractivity contribution < 1.29 is 80.5 Å². The van der Waals surface area contributed by atoms with Crippen molar-refractivity contribution in [2.75, 3.05) is 0 Å². The molecule has 0 aliphatic heterocycles. The second-order valence-corrected chi connectivity index (χ2v) is 6.39. The van der Waals surface area contributed by atoms with E-state index in [1.165, 1.54) is 0 Å². The molecule has 0 spiro atoms. The third-order valence-corrected chi connectivity index (χ3v) is 3.88. The van der Waals surface area contributed by atoms with E-state index in [4.69, 9.17) is 5.11 Å². The molecule has 0 aromatic carbocycles. The lowest BCUT2D eigenvalue weighted by atomic mass is 9.87. The van der Waals surface area contributed by atoms with Crippen LogP contribution >= 0.6 is 0 Å². The molecule has 0 radical (unpaired) electrons. The van der Waals surface area contributed by atoms with Crippen LogP contribution in [0.4, 0.5) is 65.9 Å². The number of esters is 1. The fraction of sp³-hybridized carbons (Fsp3) is 0.786. The molecule has 3 nitrogen and oxygen atoms in total. The molecule has 0 saturated carbocycles. The zero-order valence-electron chi connectivity index (χ0n) is 15.3. The average molecular weight is 512 g/mol. The average Bonchev–Trinajstić information content (AvgIpc) is 2.57. The number of carbonyl (C=O) groups excluding carboxylic acids is 1. The van der Waals surface area contributed by atoms with Crippen LogP contribution in [0.3, 0.4) is 0 Å². The molecule has 0 aromatic rings. The van der Waals surface area contributed by atoms with Gasteiger partial charge in [0.15, 0.2) is 6.17 Å². The zero-order valence-corrected chi connectivity index (χ0v) is 15.3. The molecule has 0 bridgehead atoms. The van der Waals surface area contributed by atoms with Crippen LogP contribution in [-0.2, 0) is 9.53 Å². The maximum Gasteiger partial charge on any atom is 0.468 e. The number of aliphatic hydroxyl groups is 1. The fourth-order valence-electron chi connectivity index (χ4n) is 1.72. The van der Waals surface area contributed by atoms with E-state index in [0.29, 0.717) is 6.92 Å². The second-order valence-electron chi connectivity index (χ2n) is 6.39. The maximum atomic E-state index is 13.6. The van der Waals surface area contributed by atoms with E-state index in [2.05, 4.69) is 11.3 Å². The van der Waals surface area contributed by atoms with Crippen LogP contribution in [-0.4, -0.2) is 59.1 Å². The van der Waals surface area contributed by atoms with Gasteiger partial charge in [0.2, 0.25) is 0 Å². The monoisotopic (exact) mass is 512 g/mol. The van der Waals surface area contributed by atoms with Crippen LogP contribution < -0.4 is 0 Å². The molecule has 18 heteroatoms. The summed E-state index contributed by atoms with van der Waals surface area (Å²) in [5.41, 5.74) is -1.17. The minimum absolute atomic E-state index is 0.486. The van der Waals surface area contributed by atoms with Crippen molar-refractivity contribution in [1.82, 2.24) is 0 Å². The summed E-state index contributed by atoms with van der Waals surface area (Å²) in [5, 5.41) is 8.54. The molecule has 0 aliphatic rings. The van der Waals surface area contributed by atoms with Gasteiger partial charge in [-0.2, -0.15) is 61.5 Å². The number of hydrogen-bond acceptors (Lipinski definition) is 3. The van der Waals surface area contributed by atoms with E-state index in [9.17, 15) is 70.7 Å². The largest absolute Gasteiger partial charge is 0.468 e. The molecule has 3 unspecified atom stereocenters. The Morgan fingerprint density at radius 3 is 1.50 bits per heavy atom.